The molecule has 0 saturated heterocycles. The molecule has 0 radical (unpaired) electrons. The maximum atomic E-state index is 11.6. The van der Waals surface area contributed by atoms with Gasteiger partial charge in [0.05, 0.1) is 30.7 Å². The zero-order valence-electron chi connectivity index (χ0n) is 9.77. The van der Waals surface area contributed by atoms with Gasteiger partial charge in [-0.25, -0.2) is 4.79 Å². The average molecular weight is 236 g/mol. The van der Waals surface area contributed by atoms with Gasteiger partial charge < -0.3 is 21.1 Å². The van der Waals surface area contributed by atoms with Crippen molar-refractivity contribution in [1.29, 1.82) is 0 Å². The van der Waals surface area contributed by atoms with Crippen LogP contribution in [0, 0.1) is 0 Å². The molecule has 1 aliphatic heterocycles. The third kappa shape index (κ3) is 2.11. The van der Waals surface area contributed by atoms with Crippen molar-refractivity contribution < 1.29 is 9.53 Å². The summed E-state index contributed by atoms with van der Waals surface area (Å²) < 4.78 is 4.96. The minimum Gasteiger partial charge on any atom is -0.450 e. The zero-order valence-corrected chi connectivity index (χ0v) is 9.77. The Morgan fingerprint density at radius 1 is 1.59 bits per heavy atom. The molecule has 1 amide bonds. The molecule has 0 spiro atoms. The molecule has 0 bridgehead atoms. The molecular weight excluding hydrogens is 220 g/mol. The third-order valence-corrected chi connectivity index (χ3v) is 2.84. The molecule has 17 heavy (non-hydrogen) atoms. The molecule has 4 N–H and O–H groups in total. The first-order valence-electron chi connectivity index (χ1n) is 5.57. The van der Waals surface area contributed by atoms with Crippen LogP contribution in [-0.2, 0) is 17.7 Å². The number of amides is 1. The summed E-state index contributed by atoms with van der Waals surface area (Å²) in [7, 11) is 0. The second-order valence-corrected chi connectivity index (χ2v) is 3.92. The molecule has 6 heteroatoms. The van der Waals surface area contributed by atoms with E-state index in [9.17, 15) is 4.79 Å². The smallest absolute Gasteiger partial charge is 0.410 e. The highest BCUT2D eigenvalue weighted by molar-refractivity contribution is 5.71. The minimum absolute atomic E-state index is 0.319. The molecule has 2 heterocycles. The van der Waals surface area contributed by atoms with Gasteiger partial charge in [-0.3, -0.25) is 4.98 Å². The van der Waals surface area contributed by atoms with E-state index in [4.69, 9.17) is 16.2 Å². The van der Waals surface area contributed by atoms with Gasteiger partial charge in [-0.1, -0.05) is 0 Å². The van der Waals surface area contributed by atoms with E-state index in [2.05, 4.69) is 4.98 Å². The molecule has 1 aliphatic rings. The van der Waals surface area contributed by atoms with Gasteiger partial charge in [-0.05, 0) is 6.92 Å². The molecule has 2 rings (SSSR count). The van der Waals surface area contributed by atoms with Crippen LogP contribution in [0.1, 0.15) is 18.2 Å². The van der Waals surface area contributed by atoms with Gasteiger partial charge in [-0.2, -0.15) is 0 Å². The number of rotatable bonds is 1. The summed E-state index contributed by atoms with van der Waals surface area (Å²) in [6, 6.07) is 0. The number of carbonyl (C=O) groups is 1. The Hall–Kier alpha value is -1.98. The highest BCUT2D eigenvalue weighted by Gasteiger charge is 2.24. The number of fused-ring (bicyclic) bond motifs is 1. The highest BCUT2D eigenvalue weighted by Crippen LogP contribution is 2.27. The SMILES string of the molecule is CCOC(=O)N1CCc2ncc(N)c(N)c2C1. The Balaban J connectivity index is 2.23. The van der Waals surface area contributed by atoms with Crippen molar-refractivity contribution in [3.05, 3.63) is 17.5 Å². The number of hydrogen-bond donors (Lipinski definition) is 2. The van der Waals surface area contributed by atoms with Gasteiger partial charge in [0.25, 0.3) is 0 Å². The maximum absolute atomic E-state index is 11.6. The number of ether oxygens (including phenoxy) is 1. The van der Waals surface area contributed by atoms with Crippen LogP contribution in [0.25, 0.3) is 0 Å². The molecule has 0 aromatic carbocycles. The largest absolute Gasteiger partial charge is 0.450 e. The predicted molar refractivity (Wildman–Crippen MR) is 64.2 cm³/mol. The summed E-state index contributed by atoms with van der Waals surface area (Å²) in [6.07, 6.45) is 1.92. The molecule has 0 fully saturated rings. The first-order valence-corrected chi connectivity index (χ1v) is 5.57. The van der Waals surface area contributed by atoms with Crippen molar-refractivity contribution in [1.82, 2.24) is 9.88 Å². The van der Waals surface area contributed by atoms with Gasteiger partial charge in [-0.15, -0.1) is 0 Å². The van der Waals surface area contributed by atoms with Gasteiger partial charge in [0.1, 0.15) is 0 Å². The molecule has 92 valence electrons. The van der Waals surface area contributed by atoms with E-state index < -0.39 is 0 Å². The number of aromatic nitrogens is 1. The quantitative estimate of drug-likeness (QED) is 0.750. The summed E-state index contributed by atoms with van der Waals surface area (Å²) in [5, 5.41) is 0. The van der Waals surface area contributed by atoms with Crippen molar-refractivity contribution >= 4 is 17.5 Å². The summed E-state index contributed by atoms with van der Waals surface area (Å²) in [5.41, 5.74) is 14.3. The molecule has 0 atom stereocenters. The minimum atomic E-state index is -0.319. The highest BCUT2D eigenvalue weighted by atomic mass is 16.6. The maximum Gasteiger partial charge on any atom is 0.410 e. The van der Waals surface area contributed by atoms with Gasteiger partial charge in [0.2, 0.25) is 0 Å². The second kappa shape index (κ2) is 4.48. The van der Waals surface area contributed by atoms with Crippen LogP contribution in [0.2, 0.25) is 0 Å². The van der Waals surface area contributed by atoms with Crippen molar-refractivity contribution in [3.8, 4) is 0 Å². The van der Waals surface area contributed by atoms with E-state index in [0.717, 1.165) is 11.3 Å². The Bertz CT molecular complexity index is 447. The van der Waals surface area contributed by atoms with Crippen LogP contribution in [0.5, 0.6) is 0 Å². The topological polar surface area (TPSA) is 94.5 Å². The predicted octanol–water partition coefficient (Wildman–Crippen LogP) is 0.761. The van der Waals surface area contributed by atoms with Crippen molar-refractivity contribution in [2.45, 2.75) is 19.9 Å². The van der Waals surface area contributed by atoms with Crippen LogP contribution in [0.4, 0.5) is 16.2 Å². The van der Waals surface area contributed by atoms with E-state index >= 15 is 0 Å². The molecular formula is C11H16N4O2. The van der Waals surface area contributed by atoms with Crippen LogP contribution in [-0.4, -0.2) is 29.1 Å². The van der Waals surface area contributed by atoms with E-state index in [1.807, 2.05) is 0 Å². The Labute approximate surface area is 99.5 Å². The first-order chi connectivity index (χ1) is 8.13. The molecule has 0 aliphatic carbocycles. The van der Waals surface area contributed by atoms with Gasteiger partial charge >= 0.3 is 6.09 Å². The Morgan fingerprint density at radius 3 is 3.06 bits per heavy atom. The number of anilines is 2. The zero-order chi connectivity index (χ0) is 12.4. The lowest BCUT2D eigenvalue weighted by atomic mass is 10.0. The van der Waals surface area contributed by atoms with Crippen molar-refractivity contribution in [3.63, 3.8) is 0 Å². The standard InChI is InChI=1S/C11H16N4O2/c1-2-17-11(16)15-4-3-9-7(6-15)10(13)8(12)5-14-9/h5H,2-4,6,12H2,1H3,(H2,13,14). The lowest BCUT2D eigenvalue weighted by Gasteiger charge is -2.28. The van der Waals surface area contributed by atoms with E-state index in [1.165, 1.54) is 0 Å². The Kier molecular flexibility index (Phi) is 3.03. The van der Waals surface area contributed by atoms with Crippen molar-refractivity contribution in [2.75, 3.05) is 24.6 Å². The fraction of sp³-hybridized carbons (Fsp3) is 0.455. The average Bonchev–Trinajstić information content (AvgIpc) is 2.34. The van der Waals surface area contributed by atoms with E-state index in [-0.39, 0.29) is 6.09 Å². The molecule has 0 saturated carbocycles. The van der Waals surface area contributed by atoms with Gasteiger partial charge in [0.15, 0.2) is 0 Å². The number of pyridine rings is 1. The lowest BCUT2D eigenvalue weighted by Crippen LogP contribution is -2.37. The monoisotopic (exact) mass is 236 g/mol. The van der Waals surface area contributed by atoms with Crippen molar-refractivity contribution in [2.24, 2.45) is 0 Å². The molecule has 1 aromatic heterocycles. The van der Waals surface area contributed by atoms with Crippen LogP contribution in [0.15, 0.2) is 6.20 Å². The van der Waals surface area contributed by atoms with Crippen LogP contribution < -0.4 is 11.5 Å². The molecule has 0 unspecified atom stereocenters. The summed E-state index contributed by atoms with van der Waals surface area (Å²) >= 11 is 0. The summed E-state index contributed by atoms with van der Waals surface area (Å²) in [6.45, 7) is 3.16. The first kappa shape index (κ1) is 11.5. The number of nitrogens with two attached hydrogens (primary N) is 2. The number of nitrogens with zero attached hydrogens (tertiary/aromatic N) is 2. The van der Waals surface area contributed by atoms with E-state index in [0.29, 0.717) is 37.5 Å². The normalized spacial score (nSPS) is 14.3. The third-order valence-electron chi connectivity index (χ3n) is 2.84. The number of nitrogen functional groups attached to an aromatic ring is 2. The molecule has 6 nitrogen and oxygen atoms in total. The van der Waals surface area contributed by atoms with Gasteiger partial charge in [0, 0.05) is 24.2 Å². The van der Waals surface area contributed by atoms with E-state index in [1.54, 1.807) is 18.0 Å². The summed E-state index contributed by atoms with van der Waals surface area (Å²) in [5.74, 6) is 0. The fourth-order valence-electron chi connectivity index (χ4n) is 1.90. The second-order valence-electron chi connectivity index (χ2n) is 3.92. The number of carbonyl (C=O) groups excluding carboxylic acids is 1. The lowest BCUT2D eigenvalue weighted by molar-refractivity contribution is 0.102. The van der Waals surface area contributed by atoms with Crippen LogP contribution in [0.3, 0.4) is 0 Å². The van der Waals surface area contributed by atoms with Crippen LogP contribution >= 0.6 is 0 Å². The Morgan fingerprint density at radius 2 is 2.35 bits per heavy atom. The summed E-state index contributed by atoms with van der Waals surface area (Å²) in [4.78, 5) is 17.5. The fourth-order valence-corrected chi connectivity index (χ4v) is 1.90. The number of hydrogen-bond acceptors (Lipinski definition) is 5. The molecule has 1 aromatic rings.